The summed E-state index contributed by atoms with van der Waals surface area (Å²) in [5.41, 5.74) is 0.903. The summed E-state index contributed by atoms with van der Waals surface area (Å²) in [5.74, 6) is 1.48. The molecule has 0 aromatic carbocycles. The number of carbonyl (C=O) groups excluding carboxylic acids is 1. The zero-order valence-electron chi connectivity index (χ0n) is 15.1. The van der Waals surface area contributed by atoms with Gasteiger partial charge in [0.05, 0.1) is 16.9 Å². The lowest BCUT2D eigenvalue weighted by Crippen LogP contribution is -2.25. The van der Waals surface area contributed by atoms with Crippen molar-refractivity contribution in [1.29, 1.82) is 0 Å². The molecule has 2 N–H and O–H groups in total. The number of carbonyl (C=O) groups is 1. The number of rotatable bonds is 8. The van der Waals surface area contributed by atoms with Crippen molar-refractivity contribution in [3.05, 3.63) is 26.6 Å². The minimum Gasteiger partial charge on any atom is -0.355 e. The number of aromatic amines is 1. The number of thiophene rings is 1. The molecule has 0 aliphatic carbocycles. The van der Waals surface area contributed by atoms with Gasteiger partial charge in [-0.2, -0.15) is 0 Å². The molecule has 3 aromatic heterocycles. The third-order valence-corrected chi connectivity index (χ3v) is 8.01. The van der Waals surface area contributed by atoms with Crippen LogP contribution in [0, 0.1) is 13.8 Å². The first-order valence-corrected chi connectivity index (χ1v) is 11.9. The number of aryl methyl sites for hydroxylation is 2. The van der Waals surface area contributed by atoms with Crippen LogP contribution < -0.4 is 10.9 Å². The molecule has 0 aliphatic heterocycles. The summed E-state index contributed by atoms with van der Waals surface area (Å²) in [6, 6.07) is 0. The van der Waals surface area contributed by atoms with Gasteiger partial charge in [0.1, 0.15) is 10.7 Å². The van der Waals surface area contributed by atoms with Crippen LogP contribution in [-0.2, 0) is 10.5 Å². The van der Waals surface area contributed by atoms with Crippen molar-refractivity contribution in [2.45, 2.75) is 41.6 Å². The number of amides is 1. The average molecular weight is 442 g/mol. The molecule has 0 fully saturated rings. The van der Waals surface area contributed by atoms with Crippen LogP contribution >= 0.6 is 46.2 Å². The van der Waals surface area contributed by atoms with Crippen molar-refractivity contribution in [3.63, 3.8) is 0 Å². The third-order valence-electron chi connectivity index (χ3n) is 3.71. The fraction of sp³-hybridized carbons (Fsp3) is 0.438. The van der Waals surface area contributed by atoms with Crippen LogP contribution in [-0.4, -0.2) is 38.4 Å². The predicted octanol–water partition coefficient (Wildman–Crippen LogP) is 3.36. The summed E-state index contributed by atoms with van der Waals surface area (Å²) < 4.78 is 1.54. The molecule has 27 heavy (non-hydrogen) atoms. The van der Waals surface area contributed by atoms with Crippen molar-refractivity contribution in [1.82, 2.24) is 25.5 Å². The molecule has 0 aliphatic rings. The molecule has 3 aromatic rings. The normalized spacial score (nSPS) is 11.2. The van der Waals surface area contributed by atoms with Gasteiger partial charge in [0.15, 0.2) is 8.68 Å². The van der Waals surface area contributed by atoms with Crippen molar-refractivity contribution < 1.29 is 4.79 Å². The molecule has 0 unspecified atom stereocenters. The van der Waals surface area contributed by atoms with Gasteiger partial charge in [-0.15, -0.1) is 21.5 Å². The summed E-state index contributed by atoms with van der Waals surface area (Å²) in [6.07, 6.45) is 0.919. The highest BCUT2D eigenvalue weighted by atomic mass is 32.2. The Morgan fingerprint density at radius 1 is 1.19 bits per heavy atom. The molecule has 0 atom stereocenters. The minimum absolute atomic E-state index is 0.00265. The largest absolute Gasteiger partial charge is 0.355 e. The van der Waals surface area contributed by atoms with Crippen LogP contribution in [0.25, 0.3) is 10.2 Å². The molecule has 0 saturated heterocycles. The highest BCUT2D eigenvalue weighted by Gasteiger charge is 2.13. The fourth-order valence-corrected chi connectivity index (χ4v) is 6.02. The molecule has 3 heterocycles. The van der Waals surface area contributed by atoms with E-state index in [1.807, 2.05) is 20.8 Å². The Morgan fingerprint density at radius 3 is 2.67 bits per heavy atom. The molecule has 0 radical (unpaired) electrons. The van der Waals surface area contributed by atoms with Crippen LogP contribution in [0.1, 0.15) is 29.6 Å². The number of H-pyrrole nitrogens is 1. The molecule has 3 rings (SSSR count). The zero-order chi connectivity index (χ0) is 19.4. The standard InChI is InChI=1S/C16H19N5O2S4/c1-4-5-17-11(22)7-25-16-21-20-15(27-16)24-6-10-18-13(23)12-8(2)9(3)26-14(12)19-10/h4-7H2,1-3H3,(H,17,22)(H,18,19,23). The number of thioether (sulfide) groups is 2. The first-order valence-electron chi connectivity index (χ1n) is 8.32. The van der Waals surface area contributed by atoms with Gasteiger partial charge in [-0.05, 0) is 25.8 Å². The summed E-state index contributed by atoms with van der Waals surface area (Å²) in [7, 11) is 0. The van der Waals surface area contributed by atoms with E-state index in [1.54, 1.807) is 11.3 Å². The lowest BCUT2D eigenvalue weighted by molar-refractivity contribution is -0.118. The minimum atomic E-state index is -0.0935. The van der Waals surface area contributed by atoms with E-state index in [0.29, 0.717) is 29.3 Å². The van der Waals surface area contributed by atoms with Gasteiger partial charge >= 0.3 is 0 Å². The van der Waals surface area contributed by atoms with Crippen molar-refractivity contribution in [3.8, 4) is 0 Å². The lowest BCUT2D eigenvalue weighted by Gasteiger charge is -2.00. The number of hydrogen-bond acceptors (Lipinski definition) is 9. The van der Waals surface area contributed by atoms with E-state index in [1.165, 1.54) is 34.9 Å². The van der Waals surface area contributed by atoms with E-state index in [4.69, 9.17) is 0 Å². The number of nitrogens with one attached hydrogen (secondary N) is 2. The lowest BCUT2D eigenvalue weighted by atomic mass is 10.2. The Kier molecular flexibility index (Phi) is 6.90. The second kappa shape index (κ2) is 9.18. The fourth-order valence-electron chi connectivity index (χ4n) is 2.25. The predicted molar refractivity (Wildman–Crippen MR) is 113 cm³/mol. The van der Waals surface area contributed by atoms with Crippen LogP contribution in [0.15, 0.2) is 13.5 Å². The molecule has 0 saturated carbocycles. The number of nitrogens with zero attached hydrogens (tertiary/aromatic N) is 3. The first-order chi connectivity index (χ1) is 13.0. The van der Waals surface area contributed by atoms with E-state index < -0.39 is 0 Å². The smallest absolute Gasteiger partial charge is 0.259 e. The van der Waals surface area contributed by atoms with Crippen LogP contribution in [0.4, 0.5) is 0 Å². The Balaban J connectivity index is 1.59. The molecule has 11 heteroatoms. The van der Waals surface area contributed by atoms with Gasteiger partial charge in [-0.1, -0.05) is 41.8 Å². The molecule has 0 spiro atoms. The van der Waals surface area contributed by atoms with Gasteiger partial charge in [0, 0.05) is 11.4 Å². The average Bonchev–Trinajstić information content (AvgIpc) is 3.21. The Labute approximate surface area is 172 Å². The van der Waals surface area contributed by atoms with Gasteiger partial charge in [-0.25, -0.2) is 4.98 Å². The summed E-state index contributed by atoms with van der Waals surface area (Å²) in [4.78, 5) is 33.3. The van der Waals surface area contributed by atoms with Gasteiger partial charge in [0.2, 0.25) is 5.91 Å². The van der Waals surface area contributed by atoms with Crippen molar-refractivity contribution >= 4 is 62.3 Å². The van der Waals surface area contributed by atoms with Crippen LogP contribution in [0.3, 0.4) is 0 Å². The van der Waals surface area contributed by atoms with E-state index in [2.05, 4.69) is 25.5 Å². The number of fused-ring (bicyclic) bond motifs is 1. The molecular formula is C16H19N5O2S4. The maximum absolute atomic E-state index is 12.3. The van der Waals surface area contributed by atoms with Crippen LogP contribution in [0.5, 0.6) is 0 Å². The quantitative estimate of drug-likeness (QED) is 0.517. The van der Waals surface area contributed by atoms with E-state index in [-0.39, 0.29) is 11.5 Å². The molecule has 0 bridgehead atoms. The second-order valence-corrected chi connectivity index (χ2v) is 10.4. The highest BCUT2D eigenvalue weighted by Crippen LogP contribution is 2.31. The summed E-state index contributed by atoms with van der Waals surface area (Å²) in [5, 5.41) is 11.8. The number of aromatic nitrogens is 4. The molecule has 7 nitrogen and oxygen atoms in total. The maximum atomic E-state index is 12.3. The molecule has 1 amide bonds. The van der Waals surface area contributed by atoms with Crippen LogP contribution in [0.2, 0.25) is 0 Å². The molecule has 144 valence electrons. The highest BCUT2D eigenvalue weighted by molar-refractivity contribution is 8.03. The van der Waals surface area contributed by atoms with Gasteiger partial charge in [-0.3, -0.25) is 9.59 Å². The zero-order valence-corrected chi connectivity index (χ0v) is 18.4. The SMILES string of the molecule is CCCNC(=O)CSc1nnc(SCc2nc3sc(C)c(C)c3c(=O)[nH]2)s1. The van der Waals surface area contributed by atoms with Crippen molar-refractivity contribution in [2.75, 3.05) is 12.3 Å². The Bertz CT molecular complexity index is 1010. The topological polar surface area (TPSA) is 101 Å². The summed E-state index contributed by atoms with van der Waals surface area (Å²) in [6.45, 7) is 6.65. The van der Waals surface area contributed by atoms with E-state index in [9.17, 15) is 9.59 Å². The van der Waals surface area contributed by atoms with Crippen molar-refractivity contribution in [2.24, 2.45) is 0 Å². The monoisotopic (exact) mass is 441 g/mol. The third kappa shape index (κ3) is 5.09. The first kappa shape index (κ1) is 20.3. The second-order valence-electron chi connectivity index (χ2n) is 5.74. The van der Waals surface area contributed by atoms with Gasteiger partial charge in [0.25, 0.3) is 5.56 Å². The maximum Gasteiger partial charge on any atom is 0.259 e. The Morgan fingerprint density at radius 2 is 1.93 bits per heavy atom. The number of hydrogen-bond donors (Lipinski definition) is 2. The molecular weight excluding hydrogens is 422 g/mol. The van der Waals surface area contributed by atoms with E-state index in [0.717, 1.165) is 30.4 Å². The van der Waals surface area contributed by atoms with E-state index >= 15 is 0 Å². The Hall–Kier alpha value is -1.43. The van der Waals surface area contributed by atoms with Gasteiger partial charge < -0.3 is 10.3 Å². The summed E-state index contributed by atoms with van der Waals surface area (Å²) >= 11 is 5.83.